The van der Waals surface area contributed by atoms with Gasteiger partial charge in [-0.05, 0) is 80.4 Å². The van der Waals surface area contributed by atoms with Crippen molar-refractivity contribution < 1.29 is 13.6 Å². The molecule has 0 N–H and O–H groups in total. The number of rotatable bonds is 8. The molecule has 1 amide bonds. The van der Waals surface area contributed by atoms with Crippen LogP contribution in [0.25, 0.3) is 0 Å². The molecule has 36 heavy (non-hydrogen) atoms. The van der Waals surface area contributed by atoms with Crippen LogP contribution in [0.1, 0.15) is 50.5 Å². The molecule has 2 saturated heterocycles. The van der Waals surface area contributed by atoms with E-state index in [1.807, 2.05) is 23.1 Å². The Kier molecular flexibility index (Phi) is 7.87. The van der Waals surface area contributed by atoms with Gasteiger partial charge >= 0.3 is 0 Å². The lowest BCUT2D eigenvalue weighted by Gasteiger charge is -2.39. The van der Waals surface area contributed by atoms with Gasteiger partial charge < -0.3 is 14.7 Å². The summed E-state index contributed by atoms with van der Waals surface area (Å²) in [6.07, 6.45) is 5.88. The SMILES string of the molecule is CC(=O)N1CCN(CCCCCCN2CC[C@@H]3[C@@H](C2)c2cc(F)ccc2N3c2ccc(F)cc2)CC1. The predicted octanol–water partition coefficient (Wildman–Crippen LogP) is 5.00. The fourth-order valence-corrected chi connectivity index (χ4v) is 6.29. The fraction of sp³-hybridized carbons (Fsp3) is 0.552. The van der Waals surface area contributed by atoms with Crippen molar-refractivity contribution in [3.63, 3.8) is 0 Å². The molecule has 0 radical (unpaired) electrons. The Bertz CT molecular complexity index is 1040. The van der Waals surface area contributed by atoms with E-state index in [0.717, 1.165) is 75.7 Å². The molecule has 5 nitrogen and oxygen atoms in total. The largest absolute Gasteiger partial charge is 0.340 e. The summed E-state index contributed by atoms with van der Waals surface area (Å²) in [4.78, 5) is 20.7. The molecule has 2 fully saturated rings. The number of carbonyl (C=O) groups excluding carboxylic acids is 1. The molecule has 3 aliphatic heterocycles. The maximum Gasteiger partial charge on any atom is 0.219 e. The van der Waals surface area contributed by atoms with E-state index in [2.05, 4.69) is 14.7 Å². The first kappa shape index (κ1) is 25.2. The van der Waals surface area contributed by atoms with Gasteiger partial charge in [0.05, 0.1) is 0 Å². The van der Waals surface area contributed by atoms with Gasteiger partial charge in [0.2, 0.25) is 5.91 Å². The number of fused-ring (bicyclic) bond motifs is 3. The highest BCUT2D eigenvalue weighted by molar-refractivity contribution is 5.73. The highest BCUT2D eigenvalue weighted by atomic mass is 19.1. The van der Waals surface area contributed by atoms with E-state index in [0.29, 0.717) is 0 Å². The third kappa shape index (κ3) is 5.57. The van der Waals surface area contributed by atoms with Crippen LogP contribution >= 0.6 is 0 Å². The van der Waals surface area contributed by atoms with Crippen molar-refractivity contribution in [3.8, 4) is 0 Å². The summed E-state index contributed by atoms with van der Waals surface area (Å²) in [5.41, 5.74) is 3.12. The minimum absolute atomic E-state index is 0.187. The van der Waals surface area contributed by atoms with Gasteiger partial charge in [-0.3, -0.25) is 9.69 Å². The number of hydrogen-bond acceptors (Lipinski definition) is 4. The van der Waals surface area contributed by atoms with Gasteiger partial charge in [-0.2, -0.15) is 0 Å². The van der Waals surface area contributed by atoms with Crippen LogP contribution in [0.2, 0.25) is 0 Å². The molecule has 0 spiro atoms. The normalized spacial score (nSPS) is 22.5. The lowest BCUT2D eigenvalue weighted by molar-refractivity contribution is -0.130. The molecule has 2 aromatic carbocycles. The third-order valence-corrected chi connectivity index (χ3v) is 8.26. The molecule has 5 rings (SSSR count). The average molecular weight is 497 g/mol. The Hall–Kier alpha value is -2.51. The Morgan fingerprint density at radius 3 is 2.19 bits per heavy atom. The number of piperazine rings is 1. The van der Waals surface area contributed by atoms with Crippen molar-refractivity contribution in [2.45, 2.75) is 51.0 Å². The van der Waals surface area contributed by atoms with E-state index in [-0.39, 0.29) is 29.5 Å². The monoisotopic (exact) mass is 496 g/mol. The number of nitrogens with zero attached hydrogens (tertiary/aromatic N) is 4. The van der Waals surface area contributed by atoms with Crippen LogP contribution in [0.5, 0.6) is 0 Å². The third-order valence-electron chi connectivity index (χ3n) is 8.26. The zero-order valence-corrected chi connectivity index (χ0v) is 21.3. The van der Waals surface area contributed by atoms with Gasteiger partial charge in [-0.1, -0.05) is 12.8 Å². The van der Waals surface area contributed by atoms with Gasteiger partial charge in [0.1, 0.15) is 11.6 Å². The fourth-order valence-electron chi connectivity index (χ4n) is 6.29. The summed E-state index contributed by atoms with van der Waals surface area (Å²) >= 11 is 0. The van der Waals surface area contributed by atoms with Crippen LogP contribution in [-0.2, 0) is 4.79 Å². The number of amides is 1. The van der Waals surface area contributed by atoms with Crippen LogP contribution < -0.4 is 4.90 Å². The minimum atomic E-state index is -0.237. The number of halogens is 2. The number of likely N-dealkylation sites (tertiary alicyclic amines) is 1. The molecule has 7 heteroatoms. The molecule has 0 bridgehead atoms. The van der Waals surface area contributed by atoms with Gasteiger partial charge in [-0.25, -0.2) is 8.78 Å². The molecule has 0 saturated carbocycles. The van der Waals surface area contributed by atoms with Crippen molar-refractivity contribution in [1.82, 2.24) is 14.7 Å². The van der Waals surface area contributed by atoms with E-state index in [9.17, 15) is 13.6 Å². The number of anilines is 2. The van der Waals surface area contributed by atoms with Crippen LogP contribution in [0.3, 0.4) is 0 Å². The maximum absolute atomic E-state index is 14.2. The van der Waals surface area contributed by atoms with Crippen LogP contribution in [-0.4, -0.2) is 79.0 Å². The molecule has 194 valence electrons. The predicted molar refractivity (Wildman–Crippen MR) is 140 cm³/mol. The number of carbonyl (C=O) groups is 1. The molecular weight excluding hydrogens is 458 g/mol. The van der Waals surface area contributed by atoms with Crippen LogP contribution in [0, 0.1) is 11.6 Å². The Morgan fingerprint density at radius 1 is 0.833 bits per heavy atom. The molecule has 2 aromatic rings. The Morgan fingerprint density at radius 2 is 1.50 bits per heavy atom. The Labute approximate surface area is 213 Å². The number of hydrogen-bond donors (Lipinski definition) is 0. The summed E-state index contributed by atoms with van der Waals surface area (Å²) in [7, 11) is 0. The smallest absolute Gasteiger partial charge is 0.219 e. The van der Waals surface area contributed by atoms with Crippen LogP contribution in [0.15, 0.2) is 42.5 Å². The second-order valence-corrected chi connectivity index (χ2v) is 10.6. The van der Waals surface area contributed by atoms with E-state index >= 15 is 0 Å². The van der Waals surface area contributed by atoms with Crippen molar-refractivity contribution >= 4 is 17.3 Å². The molecule has 3 heterocycles. The zero-order valence-electron chi connectivity index (χ0n) is 21.3. The van der Waals surface area contributed by atoms with Crippen molar-refractivity contribution in [2.24, 2.45) is 0 Å². The van der Waals surface area contributed by atoms with Crippen molar-refractivity contribution in [3.05, 3.63) is 59.7 Å². The molecule has 0 unspecified atom stereocenters. The van der Waals surface area contributed by atoms with Gasteiger partial charge in [-0.15, -0.1) is 0 Å². The van der Waals surface area contributed by atoms with Crippen molar-refractivity contribution in [2.75, 3.05) is 57.3 Å². The Balaban J connectivity index is 1.09. The molecule has 0 aromatic heterocycles. The summed E-state index contributed by atoms with van der Waals surface area (Å²) in [5.74, 6) is 0.0312. The number of benzene rings is 2. The first-order valence-electron chi connectivity index (χ1n) is 13.5. The van der Waals surface area contributed by atoms with E-state index in [4.69, 9.17) is 0 Å². The second-order valence-electron chi connectivity index (χ2n) is 10.6. The standard InChI is InChI=1S/C29H38F2N4O/c1-22(36)34-18-16-32(17-19-34)13-4-2-3-5-14-33-15-12-29-27(21-33)26-20-24(31)8-11-28(26)35(29)25-9-6-23(30)7-10-25/h6-11,20,27,29H,2-5,12-19,21H2,1H3/t27-,29+/m0/s1. The topological polar surface area (TPSA) is 30.0 Å². The zero-order chi connectivity index (χ0) is 25.1. The number of piperidine rings is 1. The van der Waals surface area contributed by atoms with Crippen LogP contribution in [0.4, 0.5) is 20.2 Å². The molecule has 0 aliphatic carbocycles. The highest BCUT2D eigenvalue weighted by Crippen LogP contribution is 2.48. The quantitative estimate of drug-likeness (QED) is 0.481. The summed E-state index contributed by atoms with van der Waals surface area (Å²) in [6, 6.07) is 12.1. The minimum Gasteiger partial charge on any atom is -0.340 e. The average Bonchev–Trinajstić information content (AvgIpc) is 3.20. The second kappa shape index (κ2) is 11.3. The molecular formula is C29H38F2N4O. The first-order chi connectivity index (χ1) is 17.5. The molecule has 2 atom stereocenters. The first-order valence-corrected chi connectivity index (χ1v) is 13.5. The lowest BCUT2D eigenvalue weighted by atomic mass is 9.88. The summed E-state index contributed by atoms with van der Waals surface area (Å²) < 4.78 is 27.8. The van der Waals surface area contributed by atoms with E-state index in [1.165, 1.54) is 43.9 Å². The van der Waals surface area contributed by atoms with E-state index < -0.39 is 0 Å². The van der Waals surface area contributed by atoms with Gasteiger partial charge in [0, 0.05) is 69.5 Å². The molecule has 3 aliphatic rings. The van der Waals surface area contributed by atoms with Gasteiger partial charge in [0.25, 0.3) is 0 Å². The summed E-state index contributed by atoms with van der Waals surface area (Å²) in [5, 5.41) is 0. The highest BCUT2D eigenvalue weighted by Gasteiger charge is 2.42. The number of unbranched alkanes of at least 4 members (excludes halogenated alkanes) is 3. The maximum atomic E-state index is 14.2. The summed E-state index contributed by atoms with van der Waals surface area (Å²) in [6.45, 7) is 9.55. The lowest BCUT2D eigenvalue weighted by Crippen LogP contribution is -2.48. The van der Waals surface area contributed by atoms with E-state index in [1.54, 1.807) is 13.0 Å². The van der Waals surface area contributed by atoms with Gasteiger partial charge in [0.15, 0.2) is 0 Å². The van der Waals surface area contributed by atoms with Crippen molar-refractivity contribution in [1.29, 1.82) is 0 Å².